The molecule has 0 aliphatic heterocycles. The van der Waals surface area contributed by atoms with Gasteiger partial charge < -0.3 is 15.2 Å². The number of carbonyl (C=O) groups is 2. The highest BCUT2D eigenvalue weighted by Crippen LogP contribution is 2.16. The van der Waals surface area contributed by atoms with Crippen molar-refractivity contribution >= 4 is 17.5 Å². The van der Waals surface area contributed by atoms with Gasteiger partial charge >= 0.3 is 0 Å². The summed E-state index contributed by atoms with van der Waals surface area (Å²) in [7, 11) is 0. The highest BCUT2D eigenvalue weighted by Gasteiger charge is 2.13. The van der Waals surface area contributed by atoms with Crippen LogP contribution in [0.15, 0.2) is 28.8 Å². The average molecular weight is 354 g/mol. The lowest BCUT2D eigenvalue weighted by molar-refractivity contribution is -0.116. The van der Waals surface area contributed by atoms with E-state index in [-0.39, 0.29) is 30.7 Å². The number of hydrogen-bond donors (Lipinski definition) is 2. The highest BCUT2D eigenvalue weighted by molar-refractivity contribution is 6.03. The first-order valence-electron chi connectivity index (χ1n) is 8.44. The first-order chi connectivity index (χ1) is 12.5. The predicted molar refractivity (Wildman–Crippen MR) is 97.6 cm³/mol. The van der Waals surface area contributed by atoms with Crippen molar-refractivity contribution in [2.45, 2.75) is 39.0 Å². The van der Waals surface area contributed by atoms with Crippen LogP contribution in [0.2, 0.25) is 0 Å². The van der Waals surface area contributed by atoms with Crippen LogP contribution >= 0.6 is 0 Å². The van der Waals surface area contributed by atoms with Gasteiger partial charge in [0.25, 0.3) is 5.91 Å². The number of rotatable bonds is 8. The number of amides is 2. The minimum Gasteiger partial charge on any atom is -0.341 e. The highest BCUT2D eigenvalue weighted by atomic mass is 16.5. The molecule has 0 aliphatic carbocycles. The van der Waals surface area contributed by atoms with E-state index in [2.05, 4.69) is 26.7 Å². The molecular weight excluding hydrogens is 332 g/mol. The minimum absolute atomic E-state index is 0.129. The number of aromatic nitrogens is 2. The molecular formula is C19H22N4O3. The van der Waals surface area contributed by atoms with Crippen molar-refractivity contribution in [1.29, 1.82) is 0 Å². The molecule has 0 bridgehead atoms. The summed E-state index contributed by atoms with van der Waals surface area (Å²) in [6, 6.07) is 6.78. The Bertz CT molecular complexity index is 805. The number of terminal acetylenes is 1. The van der Waals surface area contributed by atoms with Gasteiger partial charge in [0.05, 0.1) is 17.8 Å². The van der Waals surface area contributed by atoms with Crippen LogP contribution in [-0.2, 0) is 11.2 Å². The summed E-state index contributed by atoms with van der Waals surface area (Å²) in [5.41, 5.74) is 0.821. The maximum atomic E-state index is 12.2. The lowest BCUT2D eigenvalue weighted by Crippen LogP contribution is -2.25. The molecule has 136 valence electrons. The molecule has 0 unspecified atom stereocenters. The van der Waals surface area contributed by atoms with Crippen molar-refractivity contribution in [2.24, 2.45) is 0 Å². The van der Waals surface area contributed by atoms with Gasteiger partial charge in [0.1, 0.15) is 0 Å². The van der Waals surface area contributed by atoms with Gasteiger partial charge in [-0.3, -0.25) is 9.59 Å². The minimum atomic E-state index is -0.328. The van der Waals surface area contributed by atoms with Crippen LogP contribution in [-0.4, -0.2) is 28.5 Å². The molecule has 1 aromatic carbocycles. The van der Waals surface area contributed by atoms with Crippen molar-refractivity contribution in [3.05, 3.63) is 41.5 Å². The summed E-state index contributed by atoms with van der Waals surface area (Å²) in [6.45, 7) is 4.10. The van der Waals surface area contributed by atoms with Crippen molar-refractivity contribution in [3.8, 4) is 12.3 Å². The summed E-state index contributed by atoms with van der Waals surface area (Å²) in [5.74, 6) is 3.21. The topological polar surface area (TPSA) is 97.1 Å². The number of para-hydroxylation sites is 1. The second-order valence-electron chi connectivity index (χ2n) is 6.04. The van der Waals surface area contributed by atoms with Crippen LogP contribution in [0.4, 0.5) is 5.69 Å². The molecule has 2 amide bonds. The van der Waals surface area contributed by atoms with Crippen LogP contribution in [0.3, 0.4) is 0 Å². The number of carbonyl (C=O) groups excluding carboxylic acids is 2. The van der Waals surface area contributed by atoms with Crippen molar-refractivity contribution in [2.75, 3.05) is 11.9 Å². The van der Waals surface area contributed by atoms with Crippen LogP contribution < -0.4 is 10.6 Å². The Morgan fingerprint density at radius 3 is 2.77 bits per heavy atom. The summed E-state index contributed by atoms with van der Waals surface area (Å²) in [4.78, 5) is 28.5. The molecule has 2 aromatic rings. The maximum Gasteiger partial charge on any atom is 0.254 e. The van der Waals surface area contributed by atoms with Gasteiger partial charge in [-0.1, -0.05) is 37.1 Å². The van der Waals surface area contributed by atoms with E-state index in [9.17, 15) is 9.59 Å². The lowest BCUT2D eigenvalue weighted by atomic mass is 10.1. The third kappa shape index (κ3) is 5.45. The van der Waals surface area contributed by atoms with E-state index >= 15 is 0 Å². The Balaban J connectivity index is 1.87. The zero-order chi connectivity index (χ0) is 18.9. The third-order valence-electron chi connectivity index (χ3n) is 3.59. The Morgan fingerprint density at radius 1 is 1.31 bits per heavy atom. The van der Waals surface area contributed by atoms with Gasteiger partial charge in [-0.15, -0.1) is 6.42 Å². The molecule has 0 saturated carbocycles. The van der Waals surface area contributed by atoms with Gasteiger partial charge in [0.15, 0.2) is 5.82 Å². The normalized spacial score (nSPS) is 10.4. The van der Waals surface area contributed by atoms with Gasteiger partial charge in [0.2, 0.25) is 11.8 Å². The standard InChI is InChI=1S/C19H22N4O3/c1-4-12-20-19(25)14-8-5-6-9-15(14)21-16(24)10-7-11-17-22-18(13(2)3)23-26-17/h1,5-6,8-9,13H,7,10-12H2,2-3H3,(H,20,25)(H,21,24). The Labute approximate surface area is 152 Å². The Hall–Kier alpha value is -3.14. The van der Waals surface area contributed by atoms with Crippen LogP contribution in [0.25, 0.3) is 0 Å². The monoisotopic (exact) mass is 354 g/mol. The number of benzene rings is 1. The van der Waals surface area contributed by atoms with Crippen LogP contribution in [0.1, 0.15) is 54.7 Å². The molecule has 0 radical (unpaired) electrons. The number of nitrogens with zero attached hydrogens (tertiary/aromatic N) is 2. The molecule has 1 aromatic heterocycles. The fourth-order valence-electron chi connectivity index (χ4n) is 2.23. The van der Waals surface area contributed by atoms with E-state index in [1.165, 1.54) is 0 Å². The predicted octanol–water partition coefficient (Wildman–Crippen LogP) is 2.52. The largest absolute Gasteiger partial charge is 0.341 e. The first kappa shape index (κ1) is 19.2. The average Bonchev–Trinajstić information content (AvgIpc) is 3.09. The molecule has 0 aliphatic rings. The summed E-state index contributed by atoms with van der Waals surface area (Å²) >= 11 is 0. The maximum absolute atomic E-state index is 12.2. The fraction of sp³-hybridized carbons (Fsp3) is 0.368. The quantitative estimate of drug-likeness (QED) is 0.710. The third-order valence-corrected chi connectivity index (χ3v) is 3.59. The number of hydrogen-bond acceptors (Lipinski definition) is 5. The van der Waals surface area contributed by atoms with Gasteiger partial charge in [-0.05, 0) is 18.6 Å². The zero-order valence-electron chi connectivity index (χ0n) is 14.9. The van der Waals surface area contributed by atoms with Crippen molar-refractivity contribution in [3.63, 3.8) is 0 Å². The molecule has 7 heteroatoms. The van der Waals surface area contributed by atoms with E-state index in [1.807, 2.05) is 13.8 Å². The Kier molecular flexibility index (Phi) is 6.92. The molecule has 0 saturated heterocycles. The lowest BCUT2D eigenvalue weighted by Gasteiger charge is -2.10. The molecule has 0 spiro atoms. The van der Waals surface area contributed by atoms with Gasteiger partial charge in [-0.2, -0.15) is 4.98 Å². The van der Waals surface area contributed by atoms with E-state index in [1.54, 1.807) is 24.3 Å². The molecule has 0 fully saturated rings. The molecule has 2 N–H and O–H groups in total. The van der Waals surface area contributed by atoms with Crippen molar-refractivity contribution in [1.82, 2.24) is 15.5 Å². The second kappa shape index (κ2) is 9.37. The summed E-state index contributed by atoms with van der Waals surface area (Å²) in [6.07, 6.45) is 6.51. The van der Waals surface area contributed by atoms with Crippen LogP contribution in [0, 0.1) is 12.3 Å². The fourth-order valence-corrected chi connectivity index (χ4v) is 2.23. The summed E-state index contributed by atoms with van der Waals surface area (Å²) < 4.78 is 5.15. The SMILES string of the molecule is C#CCNC(=O)c1ccccc1NC(=O)CCCc1nc(C(C)C)no1. The van der Waals surface area contributed by atoms with Gasteiger partial charge in [0, 0.05) is 18.8 Å². The molecule has 7 nitrogen and oxygen atoms in total. The number of nitrogens with one attached hydrogen (secondary N) is 2. The van der Waals surface area contributed by atoms with Crippen LogP contribution in [0.5, 0.6) is 0 Å². The van der Waals surface area contributed by atoms with E-state index in [0.717, 1.165) is 0 Å². The molecule has 0 atom stereocenters. The Morgan fingerprint density at radius 2 is 2.08 bits per heavy atom. The van der Waals surface area contributed by atoms with E-state index < -0.39 is 0 Å². The van der Waals surface area contributed by atoms with Gasteiger partial charge in [-0.25, -0.2) is 0 Å². The summed E-state index contributed by atoms with van der Waals surface area (Å²) in [5, 5.41) is 9.24. The molecule has 26 heavy (non-hydrogen) atoms. The van der Waals surface area contributed by atoms with E-state index in [4.69, 9.17) is 10.9 Å². The zero-order valence-corrected chi connectivity index (χ0v) is 14.9. The molecule has 2 rings (SSSR count). The second-order valence-corrected chi connectivity index (χ2v) is 6.04. The van der Waals surface area contributed by atoms with Crippen molar-refractivity contribution < 1.29 is 14.1 Å². The first-order valence-corrected chi connectivity index (χ1v) is 8.44. The number of anilines is 1. The van der Waals surface area contributed by atoms with E-state index in [0.29, 0.717) is 35.8 Å². The number of aryl methyl sites for hydroxylation is 1. The smallest absolute Gasteiger partial charge is 0.254 e. The molecule has 1 heterocycles.